The normalized spacial score (nSPS) is 16.3. The molecule has 1 atom stereocenters. The number of hydrogen-bond acceptors (Lipinski definition) is 5. The van der Waals surface area contributed by atoms with Gasteiger partial charge in [0.1, 0.15) is 11.4 Å². The minimum Gasteiger partial charge on any atom is -0.444 e. The molecule has 0 aromatic heterocycles. The number of carbonyl (C=O) groups excluding carboxylic acids is 2. The summed E-state index contributed by atoms with van der Waals surface area (Å²) >= 11 is 0. The van der Waals surface area contributed by atoms with Gasteiger partial charge in [0, 0.05) is 50.4 Å². The van der Waals surface area contributed by atoms with Gasteiger partial charge < -0.3 is 25.2 Å². The quantitative estimate of drug-likeness (QED) is 0.757. The topological polar surface area (TPSA) is 73.9 Å². The number of benzene rings is 1. The molecule has 8 heteroatoms. The van der Waals surface area contributed by atoms with Gasteiger partial charge in [-0.2, -0.15) is 0 Å². The second-order valence-electron chi connectivity index (χ2n) is 8.46. The maximum atomic E-state index is 13.9. The fraction of sp³-hybridized carbons (Fsp3) is 0.619. The zero-order chi connectivity index (χ0) is 21.6. The lowest BCUT2D eigenvalue weighted by Crippen LogP contribution is -2.45. The van der Waals surface area contributed by atoms with E-state index in [1.54, 1.807) is 26.8 Å². The second kappa shape index (κ2) is 9.91. The molecule has 0 aliphatic carbocycles. The fourth-order valence-electron chi connectivity index (χ4n) is 3.19. The molecule has 1 unspecified atom stereocenters. The van der Waals surface area contributed by atoms with Gasteiger partial charge >= 0.3 is 6.09 Å². The molecular formula is C21H33FN4O3. The van der Waals surface area contributed by atoms with Crippen LogP contribution in [0.25, 0.3) is 0 Å². The van der Waals surface area contributed by atoms with Crippen LogP contribution in [0.4, 0.5) is 14.9 Å². The van der Waals surface area contributed by atoms with Crippen molar-refractivity contribution in [3.8, 4) is 0 Å². The van der Waals surface area contributed by atoms with E-state index < -0.39 is 11.7 Å². The molecule has 0 spiro atoms. The molecule has 1 heterocycles. The van der Waals surface area contributed by atoms with E-state index in [-0.39, 0.29) is 30.7 Å². The van der Waals surface area contributed by atoms with E-state index >= 15 is 0 Å². The van der Waals surface area contributed by atoms with Crippen LogP contribution >= 0.6 is 0 Å². The summed E-state index contributed by atoms with van der Waals surface area (Å²) in [7, 11) is 2.08. The highest BCUT2D eigenvalue weighted by atomic mass is 19.1. The van der Waals surface area contributed by atoms with Crippen molar-refractivity contribution in [3.63, 3.8) is 0 Å². The van der Waals surface area contributed by atoms with E-state index in [0.29, 0.717) is 0 Å². The number of likely N-dealkylation sites (N-methyl/N-ethyl adjacent to an activating group) is 1. The van der Waals surface area contributed by atoms with E-state index in [1.807, 2.05) is 6.92 Å². The number of nitrogens with zero attached hydrogens (tertiary/aromatic N) is 2. The zero-order valence-corrected chi connectivity index (χ0v) is 18.0. The Morgan fingerprint density at radius 3 is 2.48 bits per heavy atom. The first kappa shape index (κ1) is 22.9. The summed E-state index contributed by atoms with van der Waals surface area (Å²) < 4.78 is 19.0. The predicted molar refractivity (Wildman–Crippen MR) is 112 cm³/mol. The Morgan fingerprint density at radius 1 is 1.21 bits per heavy atom. The number of hydrogen-bond donors (Lipinski definition) is 2. The first-order chi connectivity index (χ1) is 13.5. The second-order valence-corrected chi connectivity index (χ2v) is 8.46. The molecular weight excluding hydrogens is 375 g/mol. The van der Waals surface area contributed by atoms with Gasteiger partial charge in [-0.25, -0.2) is 9.18 Å². The highest BCUT2D eigenvalue weighted by molar-refractivity contribution is 5.78. The molecule has 7 nitrogen and oxygen atoms in total. The highest BCUT2D eigenvalue weighted by Gasteiger charge is 2.21. The molecule has 162 valence electrons. The van der Waals surface area contributed by atoms with Crippen LogP contribution in [0.15, 0.2) is 18.2 Å². The Morgan fingerprint density at radius 2 is 1.86 bits per heavy atom. The molecule has 1 saturated heterocycles. The molecule has 2 amide bonds. The van der Waals surface area contributed by atoms with E-state index in [0.717, 1.165) is 37.4 Å². The number of ether oxygens (including phenoxy) is 1. The van der Waals surface area contributed by atoms with Gasteiger partial charge in [0.25, 0.3) is 0 Å². The highest BCUT2D eigenvalue weighted by Crippen LogP contribution is 2.28. The van der Waals surface area contributed by atoms with Gasteiger partial charge in [0.2, 0.25) is 5.91 Å². The van der Waals surface area contributed by atoms with Crippen molar-refractivity contribution in [2.24, 2.45) is 0 Å². The molecule has 29 heavy (non-hydrogen) atoms. The molecule has 1 aromatic carbocycles. The van der Waals surface area contributed by atoms with E-state index in [4.69, 9.17) is 4.74 Å². The summed E-state index contributed by atoms with van der Waals surface area (Å²) in [5, 5.41) is 5.46. The lowest BCUT2D eigenvalue weighted by molar-refractivity contribution is -0.121. The monoisotopic (exact) mass is 408 g/mol. The van der Waals surface area contributed by atoms with Crippen LogP contribution in [-0.4, -0.2) is 62.3 Å². The van der Waals surface area contributed by atoms with Crippen molar-refractivity contribution in [1.29, 1.82) is 0 Å². The number of alkyl carbamates (subject to hydrolysis) is 1. The Balaban J connectivity index is 1.92. The number of carbonyl (C=O) groups is 2. The molecule has 0 saturated carbocycles. The number of halogens is 1. The number of rotatable bonds is 6. The zero-order valence-electron chi connectivity index (χ0n) is 18.0. The molecule has 2 rings (SSSR count). The largest absolute Gasteiger partial charge is 0.444 e. The summed E-state index contributed by atoms with van der Waals surface area (Å²) in [6, 6.07) is 4.37. The lowest BCUT2D eigenvalue weighted by atomic mass is 10.0. The molecule has 1 aliphatic rings. The van der Waals surface area contributed by atoms with Crippen molar-refractivity contribution < 1.29 is 18.7 Å². The van der Waals surface area contributed by atoms with Crippen molar-refractivity contribution in [2.75, 3.05) is 44.7 Å². The van der Waals surface area contributed by atoms with Crippen LogP contribution in [0, 0.1) is 5.82 Å². The van der Waals surface area contributed by atoms with Crippen molar-refractivity contribution in [1.82, 2.24) is 15.5 Å². The summed E-state index contributed by atoms with van der Waals surface area (Å²) in [6.45, 7) is 10.9. The third-order valence-electron chi connectivity index (χ3n) is 4.70. The summed E-state index contributed by atoms with van der Waals surface area (Å²) in [5.74, 6) is -0.548. The molecule has 2 N–H and O–H groups in total. The maximum absolute atomic E-state index is 13.9. The molecule has 1 aliphatic heterocycles. The predicted octanol–water partition coefficient (Wildman–Crippen LogP) is 2.67. The lowest BCUT2D eigenvalue weighted by Gasteiger charge is -2.36. The van der Waals surface area contributed by atoms with Crippen LogP contribution in [0.1, 0.15) is 45.7 Å². The first-order valence-electron chi connectivity index (χ1n) is 10.0. The number of anilines is 1. The van der Waals surface area contributed by atoms with Crippen LogP contribution in [0.5, 0.6) is 0 Å². The number of nitrogens with one attached hydrogen (secondary N) is 2. The van der Waals surface area contributed by atoms with E-state index in [1.165, 1.54) is 12.1 Å². The van der Waals surface area contributed by atoms with Crippen molar-refractivity contribution in [3.05, 3.63) is 29.6 Å². The standard InChI is InChI=1S/C21H33FN4O3/c1-15(24-19(27)8-9-23-20(28)29-21(2,3)4)17-14-16(22)6-7-18(17)26-12-10-25(5)11-13-26/h6-7,14-15H,8-13H2,1-5H3,(H,23,28)(H,24,27). The van der Waals surface area contributed by atoms with Crippen molar-refractivity contribution in [2.45, 2.75) is 45.8 Å². The first-order valence-corrected chi connectivity index (χ1v) is 10.0. The summed E-state index contributed by atoms with van der Waals surface area (Å²) in [4.78, 5) is 28.4. The van der Waals surface area contributed by atoms with Gasteiger partial charge in [-0.1, -0.05) is 0 Å². The average molecular weight is 409 g/mol. The molecule has 0 radical (unpaired) electrons. The Hall–Kier alpha value is -2.35. The number of amides is 2. The van der Waals surface area contributed by atoms with Gasteiger partial charge in [0.05, 0.1) is 6.04 Å². The van der Waals surface area contributed by atoms with Gasteiger partial charge in [0.15, 0.2) is 0 Å². The summed E-state index contributed by atoms with van der Waals surface area (Å²) in [5.41, 5.74) is 1.11. The molecule has 0 bridgehead atoms. The van der Waals surface area contributed by atoms with E-state index in [2.05, 4.69) is 27.5 Å². The average Bonchev–Trinajstić information content (AvgIpc) is 2.61. The van der Waals surface area contributed by atoms with Crippen molar-refractivity contribution >= 4 is 17.7 Å². The third-order valence-corrected chi connectivity index (χ3v) is 4.70. The van der Waals surface area contributed by atoms with Gasteiger partial charge in [-0.15, -0.1) is 0 Å². The van der Waals surface area contributed by atoms with Crippen LogP contribution in [0.2, 0.25) is 0 Å². The Kier molecular flexibility index (Phi) is 7.84. The van der Waals surface area contributed by atoms with Crippen LogP contribution in [-0.2, 0) is 9.53 Å². The molecule has 1 fully saturated rings. The maximum Gasteiger partial charge on any atom is 0.407 e. The van der Waals surface area contributed by atoms with Gasteiger partial charge in [-0.3, -0.25) is 4.79 Å². The smallest absolute Gasteiger partial charge is 0.407 e. The van der Waals surface area contributed by atoms with E-state index in [9.17, 15) is 14.0 Å². The number of piperazine rings is 1. The molecule has 1 aromatic rings. The fourth-order valence-corrected chi connectivity index (χ4v) is 3.19. The minimum absolute atomic E-state index is 0.114. The van der Waals surface area contributed by atoms with Crippen LogP contribution in [0.3, 0.4) is 0 Å². The SMILES string of the molecule is CC(NC(=O)CCNC(=O)OC(C)(C)C)c1cc(F)ccc1N1CCN(C)CC1. The Labute approximate surface area is 172 Å². The summed E-state index contributed by atoms with van der Waals surface area (Å²) in [6.07, 6.45) is -0.441. The minimum atomic E-state index is -0.585. The van der Waals surface area contributed by atoms with Gasteiger partial charge in [-0.05, 0) is 52.9 Å². The Bertz CT molecular complexity index is 712. The van der Waals surface area contributed by atoms with Crippen LogP contribution < -0.4 is 15.5 Å². The third kappa shape index (κ3) is 7.53.